The molecule has 3 amide bonds. The number of furan rings is 1. The van der Waals surface area contributed by atoms with E-state index >= 15 is 0 Å². The minimum absolute atomic E-state index is 0.0931. The summed E-state index contributed by atoms with van der Waals surface area (Å²) >= 11 is 3.39. The van der Waals surface area contributed by atoms with Crippen molar-refractivity contribution < 1.29 is 23.5 Å². The van der Waals surface area contributed by atoms with Gasteiger partial charge in [-0.25, -0.2) is 0 Å². The van der Waals surface area contributed by atoms with Gasteiger partial charge in [0.25, 0.3) is 5.91 Å². The highest BCUT2D eigenvalue weighted by Gasteiger charge is 2.34. The monoisotopic (exact) mass is 477 g/mol. The van der Waals surface area contributed by atoms with Crippen molar-refractivity contribution in [2.45, 2.75) is 26.8 Å². The number of carbonyl (C=O) groups is 3. The highest BCUT2D eigenvalue weighted by atomic mass is 79.9. The Hall–Kier alpha value is -2.81. The van der Waals surface area contributed by atoms with Gasteiger partial charge in [-0.15, -0.1) is 0 Å². The minimum atomic E-state index is -0.536. The van der Waals surface area contributed by atoms with Gasteiger partial charge in [-0.05, 0) is 52.2 Å². The van der Waals surface area contributed by atoms with Crippen LogP contribution >= 0.6 is 15.9 Å². The van der Waals surface area contributed by atoms with E-state index in [2.05, 4.69) is 26.8 Å². The third kappa shape index (κ3) is 5.63. The van der Waals surface area contributed by atoms with Gasteiger partial charge in [-0.3, -0.25) is 25.2 Å². The van der Waals surface area contributed by atoms with Crippen LogP contribution in [-0.2, 0) is 16.1 Å². The summed E-state index contributed by atoms with van der Waals surface area (Å²) in [4.78, 5) is 38.5. The predicted molar refractivity (Wildman–Crippen MR) is 112 cm³/mol. The molecule has 1 aliphatic rings. The van der Waals surface area contributed by atoms with E-state index in [4.69, 9.17) is 9.15 Å². The molecule has 1 aliphatic heterocycles. The number of halogens is 1. The molecule has 0 bridgehead atoms. The van der Waals surface area contributed by atoms with Crippen molar-refractivity contribution in [2.75, 3.05) is 13.2 Å². The Balaban J connectivity index is 1.50. The second-order valence-corrected chi connectivity index (χ2v) is 8.40. The summed E-state index contributed by atoms with van der Waals surface area (Å²) in [6, 6.07) is 8.47. The maximum atomic E-state index is 12.4. The van der Waals surface area contributed by atoms with Crippen LogP contribution in [0.4, 0.5) is 0 Å². The average Bonchev–Trinajstić information content (AvgIpc) is 3.35. The fourth-order valence-corrected chi connectivity index (χ4v) is 3.49. The van der Waals surface area contributed by atoms with Crippen molar-refractivity contribution in [1.29, 1.82) is 0 Å². The molecule has 1 aromatic heterocycles. The molecule has 2 N–H and O–H groups in total. The standard InChI is InChI=1S/C21H24BrN3O5/c1-13(2)12-30-18-6-5-14(8-17(18)22)20(27)23-24-21(28)15-9-19(26)25(10-15)11-16-4-3-7-29-16/h3-8,13,15H,9-12H2,1-2H3,(H,23,27)(H,24,28). The average molecular weight is 478 g/mol. The SMILES string of the molecule is CC(C)COc1ccc(C(=O)NNC(=O)C2CC(=O)N(Cc3ccco3)C2)cc1Br. The summed E-state index contributed by atoms with van der Waals surface area (Å²) < 4.78 is 11.6. The normalized spacial score (nSPS) is 16.1. The van der Waals surface area contributed by atoms with E-state index in [1.807, 2.05) is 13.8 Å². The Morgan fingerprint density at radius 1 is 1.30 bits per heavy atom. The molecule has 160 valence electrons. The van der Waals surface area contributed by atoms with Crippen LogP contribution in [0, 0.1) is 11.8 Å². The Morgan fingerprint density at radius 3 is 2.77 bits per heavy atom. The molecule has 2 heterocycles. The second-order valence-electron chi connectivity index (χ2n) is 7.55. The first kappa shape index (κ1) is 21.9. The van der Waals surface area contributed by atoms with E-state index in [0.29, 0.717) is 40.6 Å². The number of likely N-dealkylation sites (tertiary alicyclic amines) is 1. The van der Waals surface area contributed by atoms with Crippen LogP contribution in [0.3, 0.4) is 0 Å². The van der Waals surface area contributed by atoms with Gasteiger partial charge < -0.3 is 14.1 Å². The lowest BCUT2D eigenvalue weighted by molar-refractivity contribution is -0.129. The number of hydrogen-bond acceptors (Lipinski definition) is 5. The zero-order valence-corrected chi connectivity index (χ0v) is 18.4. The maximum Gasteiger partial charge on any atom is 0.269 e. The predicted octanol–water partition coefficient (Wildman–Crippen LogP) is 2.89. The van der Waals surface area contributed by atoms with Crippen molar-refractivity contribution in [3.8, 4) is 5.75 Å². The van der Waals surface area contributed by atoms with Gasteiger partial charge >= 0.3 is 0 Å². The van der Waals surface area contributed by atoms with E-state index in [-0.39, 0.29) is 18.9 Å². The Bertz CT molecular complexity index is 913. The van der Waals surface area contributed by atoms with Crippen LogP contribution in [0.15, 0.2) is 45.5 Å². The molecule has 2 aromatic rings. The van der Waals surface area contributed by atoms with Crippen LogP contribution in [0.5, 0.6) is 5.75 Å². The van der Waals surface area contributed by atoms with Crippen LogP contribution in [0.25, 0.3) is 0 Å². The lowest BCUT2D eigenvalue weighted by atomic mass is 10.1. The zero-order valence-electron chi connectivity index (χ0n) is 16.8. The number of carbonyl (C=O) groups excluding carboxylic acids is 3. The molecule has 0 saturated carbocycles. The van der Waals surface area contributed by atoms with Crippen molar-refractivity contribution >= 4 is 33.7 Å². The number of ether oxygens (including phenoxy) is 1. The number of nitrogens with zero attached hydrogens (tertiary/aromatic N) is 1. The molecule has 0 aliphatic carbocycles. The fourth-order valence-electron chi connectivity index (χ4n) is 3.00. The van der Waals surface area contributed by atoms with E-state index in [0.717, 1.165) is 0 Å². The number of amides is 3. The zero-order chi connectivity index (χ0) is 21.7. The summed E-state index contributed by atoms with van der Waals surface area (Å²) in [6.45, 7) is 5.26. The topological polar surface area (TPSA) is 101 Å². The first-order valence-corrected chi connectivity index (χ1v) is 10.5. The van der Waals surface area contributed by atoms with Gasteiger partial charge in [0.15, 0.2) is 0 Å². The number of hydrogen-bond donors (Lipinski definition) is 2. The number of nitrogens with one attached hydrogen (secondary N) is 2. The highest BCUT2D eigenvalue weighted by Crippen LogP contribution is 2.26. The van der Waals surface area contributed by atoms with Crippen LogP contribution in [0.1, 0.15) is 36.4 Å². The highest BCUT2D eigenvalue weighted by molar-refractivity contribution is 9.10. The molecule has 1 unspecified atom stereocenters. The summed E-state index contributed by atoms with van der Waals surface area (Å²) in [5, 5.41) is 0. The van der Waals surface area contributed by atoms with Gasteiger partial charge in [-0.2, -0.15) is 0 Å². The molecule has 1 aromatic carbocycles. The van der Waals surface area contributed by atoms with Gasteiger partial charge in [0.05, 0.1) is 29.8 Å². The lowest BCUT2D eigenvalue weighted by Gasteiger charge is -2.15. The third-order valence-corrected chi connectivity index (χ3v) is 5.20. The summed E-state index contributed by atoms with van der Waals surface area (Å²) in [5.41, 5.74) is 5.17. The maximum absolute atomic E-state index is 12.4. The van der Waals surface area contributed by atoms with Gasteiger partial charge in [0.1, 0.15) is 11.5 Å². The first-order valence-electron chi connectivity index (χ1n) is 9.66. The van der Waals surface area contributed by atoms with Gasteiger partial charge in [-0.1, -0.05) is 13.8 Å². The Kier molecular flexibility index (Phi) is 7.15. The molecule has 1 atom stereocenters. The largest absolute Gasteiger partial charge is 0.492 e. The quantitative estimate of drug-likeness (QED) is 0.597. The Morgan fingerprint density at radius 2 is 2.10 bits per heavy atom. The molecule has 0 radical (unpaired) electrons. The molecule has 9 heteroatoms. The van der Waals surface area contributed by atoms with Crippen LogP contribution < -0.4 is 15.6 Å². The van der Waals surface area contributed by atoms with E-state index < -0.39 is 17.7 Å². The summed E-state index contributed by atoms with van der Waals surface area (Å²) in [7, 11) is 0. The van der Waals surface area contributed by atoms with Crippen molar-refractivity contribution in [3.63, 3.8) is 0 Å². The fraction of sp³-hybridized carbons (Fsp3) is 0.381. The molecular formula is C21H24BrN3O5. The minimum Gasteiger partial charge on any atom is -0.492 e. The number of benzene rings is 1. The molecular weight excluding hydrogens is 454 g/mol. The van der Waals surface area contributed by atoms with Crippen molar-refractivity contribution in [3.05, 3.63) is 52.4 Å². The Labute approximate surface area is 183 Å². The van der Waals surface area contributed by atoms with E-state index in [1.54, 1.807) is 35.2 Å². The van der Waals surface area contributed by atoms with Gasteiger partial charge in [0, 0.05) is 18.5 Å². The third-order valence-electron chi connectivity index (χ3n) is 4.58. The van der Waals surface area contributed by atoms with Crippen LogP contribution in [0.2, 0.25) is 0 Å². The molecule has 1 fully saturated rings. The molecule has 1 saturated heterocycles. The summed E-state index contributed by atoms with van der Waals surface area (Å²) in [5.74, 6) is 0.151. The number of hydrazine groups is 1. The number of rotatable bonds is 7. The van der Waals surface area contributed by atoms with Crippen molar-refractivity contribution in [2.24, 2.45) is 11.8 Å². The van der Waals surface area contributed by atoms with Gasteiger partial charge in [0.2, 0.25) is 11.8 Å². The molecule has 30 heavy (non-hydrogen) atoms. The second kappa shape index (κ2) is 9.80. The molecule has 3 rings (SSSR count). The first-order chi connectivity index (χ1) is 14.3. The van der Waals surface area contributed by atoms with E-state index in [1.165, 1.54) is 6.26 Å². The lowest BCUT2D eigenvalue weighted by Crippen LogP contribution is -2.45. The summed E-state index contributed by atoms with van der Waals surface area (Å²) in [6.07, 6.45) is 1.63. The van der Waals surface area contributed by atoms with E-state index in [9.17, 15) is 14.4 Å². The van der Waals surface area contributed by atoms with Crippen LogP contribution in [-0.4, -0.2) is 35.8 Å². The van der Waals surface area contributed by atoms with Crippen molar-refractivity contribution in [1.82, 2.24) is 15.8 Å². The smallest absolute Gasteiger partial charge is 0.269 e. The molecule has 0 spiro atoms. The molecule has 8 nitrogen and oxygen atoms in total.